The van der Waals surface area contributed by atoms with Crippen LogP contribution in [0.15, 0.2) is 30.3 Å². The fraction of sp³-hybridized carbons (Fsp3) is 0.667. The first-order valence-corrected chi connectivity index (χ1v) is 19.2. The lowest BCUT2D eigenvalue weighted by atomic mass is 9.83. The molecule has 56 heavy (non-hydrogen) atoms. The largest absolute Gasteiger partial charge is 0.389 e. The van der Waals surface area contributed by atoms with Crippen LogP contribution in [0.5, 0.6) is 0 Å². The minimum absolute atomic E-state index is 0.122. The fourth-order valence-corrected chi connectivity index (χ4v) is 8.00. The van der Waals surface area contributed by atoms with E-state index < -0.39 is 102 Å². The average molecular weight is 792 g/mol. The van der Waals surface area contributed by atoms with Gasteiger partial charge in [0, 0.05) is 32.6 Å². The Morgan fingerprint density at radius 2 is 1.54 bits per heavy atom. The molecule has 3 aliphatic rings. The van der Waals surface area contributed by atoms with Crippen molar-refractivity contribution >= 4 is 41.4 Å². The van der Waals surface area contributed by atoms with Crippen LogP contribution < -0.4 is 26.6 Å². The fourth-order valence-electron chi connectivity index (χ4n) is 8.00. The highest BCUT2D eigenvalue weighted by Crippen LogP contribution is 2.65. The number of alkyl halides is 3. The zero-order valence-corrected chi connectivity index (χ0v) is 33.2. The number of rotatable bonds is 14. The highest BCUT2D eigenvalue weighted by atomic mass is 19.4. The predicted molar refractivity (Wildman–Crippen MR) is 199 cm³/mol. The van der Waals surface area contributed by atoms with Crippen LogP contribution in [0.1, 0.15) is 91.2 Å². The van der Waals surface area contributed by atoms with Crippen LogP contribution in [0.3, 0.4) is 0 Å². The van der Waals surface area contributed by atoms with E-state index in [2.05, 4.69) is 26.6 Å². The normalized spacial score (nSPS) is 22.0. The van der Waals surface area contributed by atoms with Gasteiger partial charge in [0.1, 0.15) is 18.1 Å². The maximum absolute atomic E-state index is 14.4. The highest BCUT2D eigenvalue weighted by Gasteiger charge is 2.69. The average Bonchev–Trinajstić information content (AvgIpc) is 3.42. The molecule has 3 fully saturated rings. The summed E-state index contributed by atoms with van der Waals surface area (Å²) in [6.45, 7) is 8.58. The van der Waals surface area contributed by atoms with E-state index in [0.717, 1.165) is 19.3 Å². The number of likely N-dealkylation sites (N-methyl/N-ethyl adjacent to an activating group) is 1. The molecule has 0 aromatic heterocycles. The Labute approximate surface area is 325 Å². The molecule has 5 N–H and O–H groups in total. The smallest absolute Gasteiger partial charge is 0.347 e. The van der Waals surface area contributed by atoms with E-state index in [0.29, 0.717) is 18.4 Å². The molecule has 2 aliphatic carbocycles. The molecular formula is C39H56F3N7O7. The van der Waals surface area contributed by atoms with Crippen molar-refractivity contribution in [2.45, 2.75) is 115 Å². The van der Waals surface area contributed by atoms with Crippen LogP contribution in [-0.4, -0.2) is 108 Å². The maximum atomic E-state index is 14.4. The van der Waals surface area contributed by atoms with Gasteiger partial charge in [-0.1, -0.05) is 63.4 Å². The number of benzene rings is 1. The van der Waals surface area contributed by atoms with Gasteiger partial charge >= 0.3 is 12.2 Å². The zero-order chi connectivity index (χ0) is 41.7. The van der Waals surface area contributed by atoms with Gasteiger partial charge in [-0.3, -0.25) is 28.8 Å². The Hall–Kier alpha value is -4.70. The number of piperidine rings is 1. The quantitative estimate of drug-likeness (QED) is 0.179. The lowest BCUT2D eigenvalue weighted by Crippen LogP contribution is -2.61. The molecule has 6 atom stereocenters. The SMILES string of the molecule is CN(C)C(=O)[C@@H](NC(=O)CNC(=O)C(=O)C(CCC(F)(F)F)NC(=O)[C@@H]1[C@@H]2[C@H](CN1C(=O)[C@@H](NC(=O)NC(C)(C)C)C1CCCCC1)C2(C)C)c1ccccc1. The van der Waals surface area contributed by atoms with E-state index >= 15 is 0 Å². The molecule has 310 valence electrons. The summed E-state index contributed by atoms with van der Waals surface area (Å²) in [6.07, 6.45) is -3.18. The number of amides is 7. The van der Waals surface area contributed by atoms with Crippen molar-refractivity contribution in [3.8, 4) is 0 Å². The van der Waals surface area contributed by atoms with Crippen LogP contribution in [0.4, 0.5) is 18.0 Å². The van der Waals surface area contributed by atoms with Gasteiger partial charge in [-0.25, -0.2) is 4.79 Å². The van der Waals surface area contributed by atoms with E-state index in [4.69, 9.17) is 0 Å². The number of Topliss-reactive ketones (excluding diaryl/α,β-unsaturated/α-hetero) is 1. The second kappa shape index (κ2) is 17.6. The number of likely N-dealkylation sites (tertiary alicyclic amines) is 1. The molecule has 0 bridgehead atoms. The van der Waals surface area contributed by atoms with Gasteiger partial charge in [0.15, 0.2) is 0 Å². The van der Waals surface area contributed by atoms with Crippen LogP contribution in [0.2, 0.25) is 0 Å². The summed E-state index contributed by atoms with van der Waals surface area (Å²) in [7, 11) is 2.98. The van der Waals surface area contributed by atoms with Gasteiger partial charge in [0.25, 0.3) is 5.91 Å². The summed E-state index contributed by atoms with van der Waals surface area (Å²) in [4.78, 5) is 96.4. The number of ketones is 1. The molecule has 4 rings (SSSR count). The van der Waals surface area contributed by atoms with Crippen molar-refractivity contribution in [3.05, 3.63) is 35.9 Å². The van der Waals surface area contributed by atoms with Crippen molar-refractivity contribution in [2.75, 3.05) is 27.2 Å². The molecule has 0 radical (unpaired) electrons. The number of nitrogens with zero attached hydrogens (tertiary/aromatic N) is 2. The number of hydrogen-bond acceptors (Lipinski definition) is 7. The van der Waals surface area contributed by atoms with Crippen molar-refractivity contribution in [1.29, 1.82) is 0 Å². The van der Waals surface area contributed by atoms with E-state index in [9.17, 15) is 46.7 Å². The summed E-state index contributed by atoms with van der Waals surface area (Å²) in [5.41, 5.74) is -0.556. The first kappa shape index (κ1) is 44.0. The minimum atomic E-state index is -4.74. The molecule has 1 aliphatic heterocycles. The van der Waals surface area contributed by atoms with Gasteiger partial charge in [0.2, 0.25) is 29.4 Å². The molecule has 0 spiro atoms. The summed E-state index contributed by atoms with van der Waals surface area (Å²) < 4.78 is 40.4. The lowest BCUT2D eigenvalue weighted by Gasteiger charge is -2.37. The van der Waals surface area contributed by atoms with Gasteiger partial charge in [-0.15, -0.1) is 0 Å². The third-order valence-electron chi connectivity index (χ3n) is 11.0. The van der Waals surface area contributed by atoms with Crippen molar-refractivity contribution in [1.82, 2.24) is 36.4 Å². The number of fused-ring (bicyclic) bond motifs is 1. The second-order valence-electron chi connectivity index (χ2n) is 17.0. The Morgan fingerprint density at radius 3 is 2.11 bits per heavy atom. The maximum Gasteiger partial charge on any atom is 0.389 e. The van der Waals surface area contributed by atoms with Crippen LogP contribution in [-0.2, 0) is 28.8 Å². The second-order valence-corrected chi connectivity index (χ2v) is 17.0. The first-order valence-electron chi connectivity index (χ1n) is 19.2. The predicted octanol–water partition coefficient (Wildman–Crippen LogP) is 2.97. The van der Waals surface area contributed by atoms with Crippen molar-refractivity contribution in [2.24, 2.45) is 23.2 Å². The molecule has 1 heterocycles. The third-order valence-corrected chi connectivity index (χ3v) is 11.0. The number of halogens is 3. The molecular weight excluding hydrogens is 735 g/mol. The lowest BCUT2D eigenvalue weighted by molar-refractivity contribution is -0.148. The van der Waals surface area contributed by atoms with Gasteiger partial charge in [-0.2, -0.15) is 13.2 Å². The Morgan fingerprint density at radius 1 is 0.911 bits per heavy atom. The van der Waals surface area contributed by atoms with Crippen molar-refractivity contribution in [3.63, 3.8) is 0 Å². The summed E-state index contributed by atoms with van der Waals surface area (Å²) in [5, 5.41) is 12.6. The molecule has 1 aromatic carbocycles. The molecule has 14 nitrogen and oxygen atoms in total. The highest BCUT2D eigenvalue weighted by molar-refractivity contribution is 6.38. The van der Waals surface area contributed by atoms with E-state index in [-0.39, 0.29) is 24.3 Å². The van der Waals surface area contributed by atoms with Crippen molar-refractivity contribution < 1.29 is 46.7 Å². The topological polar surface area (TPSA) is 186 Å². The van der Waals surface area contributed by atoms with Crippen LogP contribution in [0.25, 0.3) is 0 Å². The number of hydrogen-bond donors (Lipinski definition) is 5. The summed E-state index contributed by atoms with van der Waals surface area (Å²) in [5.74, 6) is -6.27. The Balaban J connectivity index is 1.51. The third kappa shape index (κ3) is 11.2. The number of nitrogens with one attached hydrogen (secondary N) is 5. The number of urea groups is 1. The van der Waals surface area contributed by atoms with E-state index in [1.165, 1.54) is 23.9 Å². The molecule has 1 unspecified atom stereocenters. The summed E-state index contributed by atoms with van der Waals surface area (Å²) >= 11 is 0. The van der Waals surface area contributed by atoms with Crippen LogP contribution >= 0.6 is 0 Å². The molecule has 1 saturated heterocycles. The Kier molecular flexibility index (Phi) is 13.8. The van der Waals surface area contributed by atoms with Gasteiger partial charge in [-0.05, 0) is 68.8 Å². The van der Waals surface area contributed by atoms with E-state index in [1.807, 2.05) is 13.8 Å². The number of carbonyl (C=O) groups is 7. The Bertz CT molecular complexity index is 1640. The first-order chi connectivity index (χ1) is 26.0. The minimum Gasteiger partial charge on any atom is -0.347 e. The van der Waals surface area contributed by atoms with Crippen LogP contribution in [0, 0.1) is 23.2 Å². The monoisotopic (exact) mass is 791 g/mol. The molecule has 1 aromatic rings. The van der Waals surface area contributed by atoms with Gasteiger partial charge < -0.3 is 36.4 Å². The van der Waals surface area contributed by atoms with Gasteiger partial charge in [0.05, 0.1) is 12.6 Å². The van der Waals surface area contributed by atoms with E-state index in [1.54, 1.807) is 51.1 Å². The molecule has 17 heteroatoms. The number of carbonyl (C=O) groups excluding carboxylic acids is 7. The summed E-state index contributed by atoms with van der Waals surface area (Å²) in [6, 6.07) is 2.50. The zero-order valence-electron chi connectivity index (χ0n) is 33.2. The molecule has 7 amide bonds. The standard InChI is InChI=1S/C39H56F3N7O7/c1-37(2,3)47-36(56)46-29(23-16-12-9-13-17-23)35(55)49-21-24-27(38(24,4)5)30(49)32(52)44-25(18-19-39(40,41)42)31(51)33(53)43-20-26(50)45-28(34(54)48(6)7)22-14-10-8-11-15-22/h8,10-11,14-15,23-25,27-30H,9,12-13,16-21H2,1-7H3,(H,43,53)(H,44,52)(H,45,50)(H2,46,47,56)/t24-,25?,27-,28-,29-,30-/m0/s1. The molecule has 2 saturated carbocycles.